The summed E-state index contributed by atoms with van der Waals surface area (Å²) in [4.78, 5) is 26.1. The van der Waals surface area contributed by atoms with Crippen LogP contribution in [0.5, 0.6) is 0 Å². The molecule has 0 amide bonds. The van der Waals surface area contributed by atoms with E-state index in [0.29, 0.717) is 21.2 Å². The molecule has 132 valence electrons. The van der Waals surface area contributed by atoms with E-state index in [-0.39, 0.29) is 18.5 Å². The van der Waals surface area contributed by atoms with Crippen molar-refractivity contribution in [2.24, 2.45) is 0 Å². The van der Waals surface area contributed by atoms with Crippen LogP contribution in [-0.2, 0) is 4.79 Å². The van der Waals surface area contributed by atoms with Gasteiger partial charge in [-0.25, -0.2) is 4.98 Å². The fourth-order valence-electron chi connectivity index (χ4n) is 2.44. The molecular weight excluding hydrogens is 376 g/mol. The van der Waals surface area contributed by atoms with Crippen LogP contribution in [0.2, 0.25) is 5.02 Å². The van der Waals surface area contributed by atoms with Crippen molar-refractivity contribution in [2.75, 3.05) is 0 Å². The second kappa shape index (κ2) is 7.63. The lowest BCUT2D eigenvalue weighted by Gasteiger charge is -2.05. The Morgan fingerprint density at radius 3 is 2.73 bits per heavy atom. The Kier molecular flexibility index (Phi) is 5.29. The van der Waals surface area contributed by atoms with Crippen molar-refractivity contribution in [1.82, 2.24) is 4.98 Å². The fourth-order valence-corrected chi connectivity index (χ4v) is 3.62. The zero-order valence-corrected chi connectivity index (χ0v) is 15.0. The molecule has 0 bridgehead atoms. The molecule has 0 saturated carbocycles. The van der Waals surface area contributed by atoms with Gasteiger partial charge in [-0.2, -0.15) is 0 Å². The molecule has 3 rings (SSSR count). The summed E-state index contributed by atoms with van der Waals surface area (Å²) < 4.78 is 0.980. The van der Waals surface area contributed by atoms with Crippen LogP contribution in [0, 0.1) is 10.1 Å². The average molecular weight is 389 g/mol. The number of non-ortho nitro benzene ring substituents is 1. The Labute approximate surface area is 157 Å². The molecular formula is C18H13ClN2O4S. The zero-order valence-electron chi connectivity index (χ0n) is 13.4. The molecule has 8 heteroatoms. The van der Waals surface area contributed by atoms with Crippen molar-refractivity contribution in [2.45, 2.75) is 12.8 Å². The number of para-hydroxylation sites is 1. The van der Waals surface area contributed by atoms with Gasteiger partial charge in [0.1, 0.15) is 5.01 Å². The minimum absolute atomic E-state index is 0.0751. The standard InChI is InChI=1S/C18H13ClN2O4S/c19-14-7-6-13(21(24)25)10-12(14)9-11(5-8-17(22)23)18-20-15-3-1-2-4-16(15)26-18/h1-4,6-7,9-10H,5,8H2,(H,22,23)/b11-9+. The van der Waals surface area contributed by atoms with Gasteiger partial charge in [-0.15, -0.1) is 11.3 Å². The molecule has 0 aliphatic rings. The third-order valence-electron chi connectivity index (χ3n) is 3.70. The third kappa shape index (κ3) is 4.07. The highest BCUT2D eigenvalue weighted by Gasteiger charge is 2.14. The van der Waals surface area contributed by atoms with E-state index in [9.17, 15) is 14.9 Å². The lowest BCUT2D eigenvalue weighted by molar-refractivity contribution is -0.384. The number of nitrogens with zero attached hydrogens (tertiary/aromatic N) is 2. The first-order valence-electron chi connectivity index (χ1n) is 7.66. The van der Waals surface area contributed by atoms with Crippen LogP contribution >= 0.6 is 22.9 Å². The number of benzene rings is 2. The molecule has 1 N–H and O–H groups in total. The number of aromatic nitrogens is 1. The van der Waals surface area contributed by atoms with Gasteiger partial charge >= 0.3 is 5.97 Å². The summed E-state index contributed by atoms with van der Waals surface area (Å²) in [5.41, 5.74) is 1.87. The maximum Gasteiger partial charge on any atom is 0.303 e. The normalized spacial score (nSPS) is 11.7. The van der Waals surface area contributed by atoms with Gasteiger partial charge in [0.15, 0.2) is 0 Å². The first kappa shape index (κ1) is 18.0. The SMILES string of the molecule is O=C(O)CC/C(=C\c1cc([N+](=O)[O-])ccc1Cl)c1nc2ccccc2s1. The summed E-state index contributed by atoms with van der Waals surface area (Å²) in [7, 11) is 0. The Hall–Kier alpha value is -2.77. The van der Waals surface area contributed by atoms with E-state index in [1.54, 1.807) is 6.08 Å². The Morgan fingerprint density at radius 2 is 2.04 bits per heavy atom. The second-order valence-electron chi connectivity index (χ2n) is 5.51. The van der Waals surface area contributed by atoms with Crippen LogP contribution in [0.4, 0.5) is 5.69 Å². The first-order valence-corrected chi connectivity index (χ1v) is 8.86. The molecule has 26 heavy (non-hydrogen) atoms. The molecule has 1 aromatic heterocycles. The van der Waals surface area contributed by atoms with Gasteiger partial charge in [-0.05, 0) is 36.3 Å². The highest BCUT2D eigenvalue weighted by Crippen LogP contribution is 2.33. The van der Waals surface area contributed by atoms with Gasteiger partial charge < -0.3 is 5.11 Å². The monoisotopic (exact) mass is 388 g/mol. The van der Waals surface area contributed by atoms with E-state index in [2.05, 4.69) is 4.98 Å². The number of carboxylic acid groups (broad SMARTS) is 1. The molecule has 6 nitrogen and oxygen atoms in total. The second-order valence-corrected chi connectivity index (χ2v) is 6.95. The van der Waals surface area contributed by atoms with Crippen molar-refractivity contribution < 1.29 is 14.8 Å². The van der Waals surface area contributed by atoms with Gasteiger partial charge in [-0.3, -0.25) is 14.9 Å². The van der Waals surface area contributed by atoms with E-state index >= 15 is 0 Å². The summed E-state index contributed by atoms with van der Waals surface area (Å²) in [6.07, 6.45) is 1.85. The van der Waals surface area contributed by atoms with Crippen molar-refractivity contribution in [3.8, 4) is 0 Å². The number of nitro benzene ring substituents is 1. The zero-order chi connectivity index (χ0) is 18.7. The largest absolute Gasteiger partial charge is 0.481 e. The van der Waals surface area contributed by atoms with Gasteiger partial charge in [0.2, 0.25) is 0 Å². The predicted octanol–water partition coefficient (Wildman–Crippen LogP) is 5.26. The molecule has 0 spiro atoms. The molecule has 0 fully saturated rings. The molecule has 0 aliphatic heterocycles. The van der Waals surface area contributed by atoms with Gasteiger partial charge in [0.05, 0.1) is 15.1 Å². The summed E-state index contributed by atoms with van der Waals surface area (Å²) in [6, 6.07) is 11.8. The number of aliphatic carboxylic acids is 1. The van der Waals surface area contributed by atoms with Crippen LogP contribution in [0.1, 0.15) is 23.4 Å². The number of carboxylic acids is 1. The lowest BCUT2D eigenvalue weighted by atomic mass is 10.1. The van der Waals surface area contributed by atoms with E-state index in [1.807, 2.05) is 24.3 Å². The fraction of sp³-hybridized carbons (Fsp3) is 0.111. The van der Waals surface area contributed by atoms with Crippen LogP contribution in [0.15, 0.2) is 42.5 Å². The van der Waals surface area contributed by atoms with E-state index in [4.69, 9.17) is 16.7 Å². The Morgan fingerprint density at radius 1 is 1.27 bits per heavy atom. The van der Waals surface area contributed by atoms with Crippen molar-refractivity contribution in [3.63, 3.8) is 0 Å². The number of nitro groups is 1. The topological polar surface area (TPSA) is 93.3 Å². The van der Waals surface area contributed by atoms with Crippen molar-refractivity contribution in [3.05, 3.63) is 68.2 Å². The van der Waals surface area contributed by atoms with Crippen LogP contribution in [-0.4, -0.2) is 21.0 Å². The summed E-state index contributed by atoms with van der Waals surface area (Å²) >= 11 is 7.62. The van der Waals surface area contributed by atoms with Gasteiger partial charge in [-0.1, -0.05) is 23.7 Å². The van der Waals surface area contributed by atoms with Gasteiger partial charge in [0, 0.05) is 29.1 Å². The molecule has 0 unspecified atom stereocenters. The van der Waals surface area contributed by atoms with Crippen LogP contribution in [0.3, 0.4) is 0 Å². The molecule has 0 radical (unpaired) electrons. The number of thiazole rings is 1. The minimum atomic E-state index is -0.929. The third-order valence-corrected chi connectivity index (χ3v) is 5.15. The van der Waals surface area contributed by atoms with E-state index in [1.165, 1.54) is 29.5 Å². The quantitative estimate of drug-likeness (QED) is 0.459. The number of allylic oxidation sites excluding steroid dienone is 1. The minimum Gasteiger partial charge on any atom is -0.481 e. The molecule has 1 heterocycles. The van der Waals surface area contributed by atoms with Crippen LogP contribution < -0.4 is 0 Å². The summed E-state index contributed by atoms with van der Waals surface area (Å²) in [5, 5.41) is 21.1. The van der Waals surface area contributed by atoms with Crippen molar-refractivity contribution in [1.29, 1.82) is 0 Å². The van der Waals surface area contributed by atoms with E-state index < -0.39 is 10.9 Å². The van der Waals surface area contributed by atoms with Gasteiger partial charge in [0.25, 0.3) is 5.69 Å². The highest BCUT2D eigenvalue weighted by atomic mass is 35.5. The first-order chi connectivity index (χ1) is 12.4. The predicted molar refractivity (Wildman–Crippen MR) is 102 cm³/mol. The Bertz CT molecular complexity index is 996. The lowest BCUT2D eigenvalue weighted by Crippen LogP contribution is -1.96. The highest BCUT2D eigenvalue weighted by molar-refractivity contribution is 7.19. The molecule has 0 saturated heterocycles. The molecule has 0 atom stereocenters. The number of rotatable bonds is 6. The maximum absolute atomic E-state index is 11.0. The smallest absolute Gasteiger partial charge is 0.303 e. The average Bonchev–Trinajstić information content (AvgIpc) is 3.03. The summed E-state index contributed by atoms with van der Waals surface area (Å²) in [5.74, 6) is -0.929. The van der Waals surface area contributed by atoms with E-state index in [0.717, 1.165) is 10.2 Å². The maximum atomic E-state index is 11.0. The summed E-state index contributed by atoms with van der Waals surface area (Å²) in [6.45, 7) is 0. The molecule has 2 aromatic carbocycles. The number of carbonyl (C=O) groups is 1. The molecule has 3 aromatic rings. The number of hydrogen-bond donors (Lipinski definition) is 1. The number of fused-ring (bicyclic) bond motifs is 1. The number of halogens is 1. The van der Waals surface area contributed by atoms with Crippen LogP contribution in [0.25, 0.3) is 21.9 Å². The molecule has 0 aliphatic carbocycles. The van der Waals surface area contributed by atoms with Crippen molar-refractivity contribution >= 4 is 56.5 Å². The Balaban J connectivity index is 2.08. The number of hydrogen-bond acceptors (Lipinski definition) is 5.